The summed E-state index contributed by atoms with van der Waals surface area (Å²) in [5.74, 6) is -0.832. The van der Waals surface area contributed by atoms with E-state index in [1.54, 1.807) is 0 Å². The van der Waals surface area contributed by atoms with Gasteiger partial charge in [-0.25, -0.2) is 0 Å². The van der Waals surface area contributed by atoms with Gasteiger partial charge in [0.1, 0.15) is 0 Å². The second kappa shape index (κ2) is 5.90. The van der Waals surface area contributed by atoms with Crippen LogP contribution in [0.1, 0.15) is 45.4 Å². The van der Waals surface area contributed by atoms with Crippen LogP contribution in [0.25, 0.3) is 0 Å². The van der Waals surface area contributed by atoms with Crippen LogP contribution < -0.4 is 11.1 Å². The van der Waals surface area contributed by atoms with Gasteiger partial charge in [0.15, 0.2) is 0 Å². The highest BCUT2D eigenvalue weighted by Crippen LogP contribution is 2.35. The Labute approximate surface area is 114 Å². The Morgan fingerprint density at radius 1 is 1.37 bits per heavy atom. The molecular formula is C14H24N2O3. The minimum absolute atomic E-state index is 0.0106. The van der Waals surface area contributed by atoms with Crippen LogP contribution in [0.4, 0.5) is 0 Å². The molecule has 3 atom stereocenters. The van der Waals surface area contributed by atoms with Crippen molar-refractivity contribution in [1.29, 1.82) is 0 Å². The monoisotopic (exact) mass is 268 g/mol. The van der Waals surface area contributed by atoms with Gasteiger partial charge in [0, 0.05) is 18.4 Å². The molecule has 1 aliphatic carbocycles. The summed E-state index contributed by atoms with van der Waals surface area (Å²) in [6, 6.07) is 0. The van der Waals surface area contributed by atoms with Crippen molar-refractivity contribution in [3.8, 4) is 0 Å². The fourth-order valence-electron chi connectivity index (χ4n) is 2.99. The zero-order chi connectivity index (χ0) is 13.9. The maximum Gasteiger partial charge on any atom is 0.223 e. The van der Waals surface area contributed by atoms with E-state index in [1.165, 1.54) is 0 Å². The highest BCUT2D eigenvalue weighted by molar-refractivity contribution is 5.87. The third-order valence-electron chi connectivity index (χ3n) is 4.52. The molecule has 108 valence electrons. The van der Waals surface area contributed by atoms with Crippen LogP contribution in [0.3, 0.4) is 0 Å². The molecule has 2 fully saturated rings. The Bertz CT molecular complexity index is 353. The quantitative estimate of drug-likeness (QED) is 0.533. The van der Waals surface area contributed by atoms with Gasteiger partial charge in [-0.2, -0.15) is 0 Å². The van der Waals surface area contributed by atoms with Crippen molar-refractivity contribution in [1.82, 2.24) is 5.32 Å². The van der Waals surface area contributed by atoms with Gasteiger partial charge < -0.3 is 15.8 Å². The molecule has 2 aliphatic rings. The first-order chi connectivity index (χ1) is 9.08. The number of epoxide rings is 1. The molecule has 5 heteroatoms. The van der Waals surface area contributed by atoms with Crippen molar-refractivity contribution < 1.29 is 14.3 Å². The summed E-state index contributed by atoms with van der Waals surface area (Å²) < 4.78 is 5.43. The topological polar surface area (TPSA) is 84.7 Å². The number of nitrogens with one attached hydrogen (secondary N) is 1. The summed E-state index contributed by atoms with van der Waals surface area (Å²) in [5.41, 5.74) is 5.42. The lowest BCUT2D eigenvalue weighted by atomic mass is 9.94. The van der Waals surface area contributed by atoms with Gasteiger partial charge in [-0.15, -0.1) is 0 Å². The first-order valence-corrected chi connectivity index (χ1v) is 7.29. The van der Waals surface area contributed by atoms with Crippen molar-refractivity contribution in [2.45, 2.75) is 51.0 Å². The smallest absolute Gasteiger partial charge is 0.223 e. The van der Waals surface area contributed by atoms with E-state index in [0.29, 0.717) is 6.54 Å². The highest BCUT2D eigenvalue weighted by Gasteiger charge is 2.42. The molecule has 2 amide bonds. The van der Waals surface area contributed by atoms with Crippen LogP contribution in [0, 0.1) is 11.8 Å². The van der Waals surface area contributed by atoms with Gasteiger partial charge in [-0.05, 0) is 32.1 Å². The zero-order valence-electron chi connectivity index (χ0n) is 11.6. The summed E-state index contributed by atoms with van der Waals surface area (Å²) in [7, 11) is 0. The van der Waals surface area contributed by atoms with E-state index in [1.807, 2.05) is 0 Å². The summed E-state index contributed by atoms with van der Waals surface area (Å²) >= 11 is 0. The minimum Gasteiger partial charge on any atom is -0.370 e. The molecule has 0 spiro atoms. The lowest BCUT2D eigenvalue weighted by Crippen LogP contribution is -2.38. The molecule has 0 aromatic carbocycles. The Kier molecular flexibility index (Phi) is 4.45. The molecule has 0 bridgehead atoms. The van der Waals surface area contributed by atoms with Crippen molar-refractivity contribution >= 4 is 11.8 Å². The molecule has 3 unspecified atom stereocenters. The largest absolute Gasteiger partial charge is 0.370 e. The molecule has 1 heterocycles. The van der Waals surface area contributed by atoms with Crippen LogP contribution in [0.2, 0.25) is 0 Å². The second-order valence-corrected chi connectivity index (χ2v) is 5.77. The van der Waals surface area contributed by atoms with E-state index in [4.69, 9.17) is 10.5 Å². The van der Waals surface area contributed by atoms with Crippen LogP contribution in [-0.4, -0.2) is 30.6 Å². The van der Waals surface area contributed by atoms with Gasteiger partial charge in [0.25, 0.3) is 0 Å². The van der Waals surface area contributed by atoms with Gasteiger partial charge in [-0.1, -0.05) is 13.3 Å². The number of primary amides is 1. The molecule has 19 heavy (non-hydrogen) atoms. The lowest BCUT2D eigenvalue weighted by molar-refractivity contribution is -0.132. The Balaban J connectivity index is 1.68. The molecule has 0 aromatic heterocycles. The van der Waals surface area contributed by atoms with Crippen LogP contribution in [-0.2, 0) is 14.3 Å². The van der Waals surface area contributed by atoms with Gasteiger partial charge in [0.2, 0.25) is 11.8 Å². The highest BCUT2D eigenvalue weighted by atomic mass is 16.6. The standard InChI is InChI=1S/C14H24N2O3/c1-2-14(9-19-14)7-4-8-16-13(18)11-6-3-5-10(11)12(15)17/h10-11H,2-9H2,1H3,(H2,15,17)(H,16,18). The summed E-state index contributed by atoms with van der Waals surface area (Å²) in [6.45, 7) is 3.64. The number of hydrogen-bond acceptors (Lipinski definition) is 3. The molecule has 0 aromatic rings. The summed E-state index contributed by atoms with van der Waals surface area (Å²) in [4.78, 5) is 23.3. The average molecular weight is 268 g/mol. The van der Waals surface area contributed by atoms with Crippen LogP contribution in [0.5, 0.6) is 0 Å². The van der Waals surface area contributed by atoms with Gasteiger partial charge in [-0.3, -0.25) is 9.59 Å². The third-order valence-corrected chi connectivity index (χ3v) is 4.52. The number of carbonyl (C=O) groups excluding carboxylic acids is 2. The van der Waals surface area contributed by atoms with Gasteiger partial charge in [0.05, 0.1) is 12.2 Å². The Morgan fingerprint density at radius 2 is 2.05 bits per heavy atom. The average Bonchev–Trinajstić information content (AvgIpc) is 2.99. The summed E-state index contributed by atoms with van der Waals surface area (Å²) in [5, 5.41) is 2.93. The Morgan fingerprint density at radius 3 is 2.63 bits per heavy atom. The lowest BCUT2D eigenvalue weighted by Gasteiger charge is -2.16. The van der Waals surface area contributed by atoms with E-state index >= 15 is 0 Å². The maximum absolute atomic E-state index is 12.0. The van der Waals surface area contributed by atoms with E-state index in [-0.39, 0.29) is 29.3 Å². The van der Waals surface area contributed by atoms with E-state index < -0.39 is 0 Å². The number of rotatable bonds is 7. The molecule has 2 rings (SSSR count). The molecule has 1 saturated carbocycles. The zero-order valence-corrected chi connectivity index (χ0v) is 11.6. The van der Waals surface area contributed by atoms with E-state index in [0.717, 1.165) is 45.1 Å². The first-order valence-electron chi connectivity index (χ1n) is 7.29. The molecule has 1 saturated heterocycles. The second-order valence-electron chi connectivity index (χ2n) is 5.77. The van der Waals surface area contributed by atoms with E-state index in [9.17, 15) is 9.59 Å². The SMILES string of the molecule is CCC1(CCCNC(=O)C2CCCC2C(N)=O)CO1. The van der Waals surface area contributed by atoms with Crippen molar-refractivity contribution in [2.75, 3.05) is 13.2 Å². The number of amides is 2. The van der Waals surface area contributed by atoms with E-state index in [2.05, 4.69) is 12.2 Å². The number of hydrogen-bond donors (Lipinski definition) is 2. The number of carbonyl (C=O) groups is 2. The van der Waals surface area contributed by atoms with Crippen molar-refractivity contribution in [2.24, 2.45) is 17.6 Å². The number of ether oxygens (including phenoxy) is 1. The van der Waals surface area contributed by atoms with Crippen molar-refractivity contribution in [3.05, 3.63) is 0 Å². The maximum atomic E-state index is 12.0. The van der Waals surface area contributed by atoms with Crippen LogP contribution >= 0.6 is 0 Å². The molecular weight excluding hydrogens is 244 g/mol. The normalized spacial score (nSPS) is 33.1. The predicted molar refractivity (Wildman–Crippen MR) is 71.2 cm³/mol. The fraction of sp³-hybridized carbons (Fsp3) is 0.857. The molecule has 3 N–H and O–H groups in total. The number of nitrogens with two attached hydrogens (primary N) is 1. The van der Waals surface area contributed by atoms with Crippen LogP contribution in [0.15, 0.2) is 0 Å². The first kappa shape index (κ1) is 14.3. The summed E-state index contributed by atoms with van der Waals surface area (Å²) in [6.07, 6.45) is 5.40. The van der Waals surface area contributed by atoms with Gasteiger partial charge >= 0.3 is 0 Å². The fourth-order valence-corrected chi connectivity index (χ4v) is 2.99. The molecule has 1 aliphatic heterocycles. The minimum atomic E-state index is -0.339. The van der Waals surface area contributed by atoms with Crippen molar-refractivity contribution in [3.63, 3.8) is 0 Å². The molecule has 5 nitrogen and oxygen atoms in total. The predicted octanol–water partition coefficient (Wildman–Crippen LogP) is 0.963. The molecule has 0 radical (unpaired) electrons. The Hall–Kier alpha value is -1.10. The third kappa shape index (κ3) is 3.47.